The zero-order valence-electron chi connectivity index (χ0n) is 9.78. The molecule has 1 aromatic carbocycles. The molecule has 0 aliphatic rings. The van der Waals surface area contributed by atoms with E-state index in [1.54, 1.807) is 0 Å². The summed E-state index contributed by atoms with van der Waals surface area (Å²) in [5, 5.41) is 0. The van der Waals surface area contributed by atoms with Gasteiger partial charge in [0.1, 0.15) is 6.61 Å². The number of rotatable bonds is 4. The predicted octanol–water partition coefficient (Wildman–Crippen LogP) is 1.70. The van der Waals surface area contributed by atoms with Crippen LogP contribution in [0, 0.1) is 0 Å². The van der Waals surface area contributed by atoms with Gasteiger partial charge in [0.25, 0.3) is 0 Å². The Morgan fingerprint density at radius 2 is 1.95 bits per heavy atom. The van der Waals surface area contributed by atoms with E-state index in [1.165, 1.54) is 25.1 Å². The topological polar surface area (TPSA) is 78.6 Å². The molecule has 0 spiro atoms. The minimum atomic E-state index is -5.15. The summed E-state index contributed by atoms with van der Waals surface area (Å²) in [6, 6.07) is 3.85. The molecule has 8 heteroatoms. The molecule has 0 radical (unpaired) electrons. The molecule has 0 amide bonds. The van der Waals surface area contributed by atoms with Crippen molar-refractivity contribution in [1.29, 1.82) is 0 Å². The van der Waals surface area contributed by atoms with E-state index in [9.17, 15) is 22.8 Å². The van der Waals surface area contributed by atoms with Gasteiger partial charge in [0, 0.05) is 0 Å². The number of nitrogen functional groups attached to an aromatic ring is 1. The molecule has 0 aliphatic carbocycles. The number of hydrogen-bond acceptors (Lipinski definition) is 5. The Balaban J connectivity index is 2.98. The number of ether oxygens (including phenoxy) is 2. The van der Waals surface area contributed by atoms with Crippen molar-refractivity contribution in [3.8, 4) is 11.5 Å². The first-order valence-electron chi connectivity index (χ1n) is 5.01. The molecule has 0 fully saturated rings. The lowest BCUT2D eigenvalue weighted by Gasteiger charge is -2.13. The Bertz CT molecular complexity index is 499. The van der Waals surface area contributed by atoms with Crippen LogP contribution in [0.15, 0.2) is 18.2 Å². The van der Waals surface area contributed by atoms with Crippen molar-refractivity contribution >= 4 is 17.4 Å². The molecule has 0 saturated heterocycles. The fraction of sp³-hybridized carbons (Fsp3) is 0.273. The van der Waals surface area contributed by atoms with E-state index in [0.29, 0.717) is 0 Å². The number of halogens is 3. The Morgan fingerprint density at radius 1 is 1.32 bits per heavy atom. The summed E-state index contributed by atoms with van der Waals surface area (Å²) in [5.74, 6) is -3.55. The maximum atomic E-state index is 12.1. The molecule has 5 nitrogen and oxygen atoms in total. The molecule has 1 aromatic rings. The number of carbonyl (C=O) groups excluding carboxylic acids is 2. The average Bonchev–Trinajstić information content (AvgIpc) is 2.28. The molecule has 104 valence electrons. The van der Waals surface area contributed by atoms with Crippen molar-refractivity contribution in [3.63, 3.8) is 0 Å². The summed E-state index contributed by atoms with van der Waals surface area (Å²) in [5.41, 5.74) is 5.20. The van der Waals surface area contributed by atoms with E-state index in [2.05, 4.69) is 4.74 Å². The molecule has 0 aliphatic heterocycles. The largest absolute Gasteiger partial charge is 0.491 e. The Hall–Kier alpha value is -2.25. The van der Waals surface area contributed by atoms with Crippen LogP contribution in [0.2, 0.25) is 0 Å². The first kappa shape index (κ1) is 14.8. The number of anilines is 1. The van der Waals surface area contributed by atoms with Gasteiger partial charge in [-0.2, -0.15) is 13.2 Å². The van der Waals surface area contributed by atoms with Gasteiger partial charge in [0.2, 0.25) is 0 Å². The lowest BCUT2D eigenvalue weighted by atomic mass is 10.2. The Labute approximate surface area is 106 Å². The smallest absolute Gasteiger partial charge is 0.482 e. The monoisotopic (exact) mass is 277 g/mol. The van der Waals surface area contributed by atoms with Crippen LogP contribution in [0.1, 0.15) is 6.92 Å². The summed E-state index contributed by atoms with van der Waals surface area (Å²) < 4.78 is 45.4. The van der Waals surface area contributed by atoms with Crippen LogP contribution < -0.4 is 15.2 Å². The lowest BCUT2D eigenvalue weighted by Crippen LogP contribution is -2.28. The highest BCUT2D eigenvalue weighted by molar-refractivity contribution is 5.81. The molecule has 19 heavy (non-hydrogen) atoms. The highest BCUT2D eigenvalue weighted by Crippen LogP contribution is 2.34. The molecule has 2 N–H and O–H groups in total. The Kier molecular flexibility index (Phi) is 4.36. The maximum absolute atomic E-state index is 12.1. The number of carbonyl (C=O) groups is 2. The summed E-state index contributed by atoms with van der Waals surface area (Å²) >= 11 is 0. The zero-order chi connectivity index (χ0) is 14.6. The fourth-order valence-corrected chi connectivity index (χ4v) is 1.09. The van der Waals surface area contributed by atoms with Gasteiger partial charge in [0.05, 0.1) is 5.69 Å². The van der Waals surface area contributed by atoms with E-state index in [-0.39, 0.29) is 23.8 Å². The van der Waals surface area contributed by atoms with Gasteiger partial charge in [-0.05, 0) is 19.1 Å². The molecule has 0 bridgehead atoms. The predicted molar refractivity (Wildman–Crippen MR) is 58.7 cm³/mol. The molecular formula is C11H10F3NO4. The molecule has 0 aromatic heterocycles. The first-order chi connectivity index (χ1) is 8.71. The van der Waals surface area contributed by atoms with E-state index in [0.717, 1.165) is 0 Å². The second-order valence-electron chi connectivity index (χ2n) is 3.55. The number of Topliss-reactive ketones (excluding diaryl/α,β-unsaturated/α-hetero) is 1. The number of nitrogens with two attached hydrogens (primary N) is 1. The van der Waals surface area contributed by atoms with Crippen molar-refractivity contribution in [1.82, 2.24) is 0 Å². The minimum absolute atomic E-state index is 0.210. The third-order valence-corrected chi connectivity index (χ3v) is 1.87. The molecular weight excluding hydrogens is 267 g/mol. The van der Waals surface area contributed by atoms with E-state index in [4.69, 9.17) is 10.5 Å². The van der Waals surface area contributed by atoms with Crippen LogP contribution >= 0.6 is 0 Å². The number of alkyl halides is 3. The summed E-state index contributed by atoms with van der Waals surface area (Å²) in [7, 11) is 0. The van der Waals surface area contributed by atoms with Crippen molar-refractivity contribution in [2.24, 2.45) is 0 Å². The van der Waals surface area contributed by atoms with Crippen LogP contribution in [0.4, 0.5) is 18.9 Å². The third-order valence-electron chi connectivity index (χ3n) is 1.87. The van der Waals surface area contributed by atoms with Gasteiger partial charge in [-0.15, -0.1) is 0 Å². The average molecular weight is 277 g/mol. The van der Waals surface area contributed by atoms with Crippen LogP contribution in [0.3, 0.4) is 0 Å². The fourth-order valence-electron chi connectivity index (χ4n) is 1.09. The second-order valence-corrected chi connectivity index (χ2v) is 3.55. The second kappa shape index (κ2) is 5.59. The van der Waals surface area contributed by atoms with Crippen molar-refractivity contribution in [2.45, 2.75) is 13.1 Å². The number of hydrogen-bond donors (Lipinski definition) is 1. The highest BCUT2D eigenvalue weighted by Gasteiger charge is 2.42. The molecule has 0 saturated carbocycles. The molecule has 0 heterocycles. The summed E-state index contributed by atoms with van der Waals surface area (Å²) in [6.45, 7) is 0.855. The zero-order valence-corrected chi connectivity index (χ0v) is 9.78. The minimum Gasteiger partial charge on any atom is -0.482 e. The number of benzene rings is 1. The van der Waals surface area contributed by atoms with E-state index < -0.39 is 17.9 Å². The molecule has 1 rings (SSSR count). The standard InChI is InChI=1S/C11H10F3NO4/c1-6(16)5-18-8-4-2-3-7(15)9(8)19-10(17)11(12,13)14/h2-4H,5,15H2,1H3. The van der Waals surface area contributed by atoms with E-state index >= 15 is 0 Å². The SMILES string of the molecule is CC(=O)COc1cccc(N)c1OC(=O)C(F)(F)F. The first-order valence-corrected chi connectivity index (χ1v) is 5.01. The highest BCUT2D eigenvalue weighted by atomic mass is 19.4. The summed E-state index contributed by atoms with van der Waals surface area (Å²) in [6.07, 6.45) is -5.15. The third kappa shape index (κ3) is 4.16. The Morgan fingerprint density at radius 3 is 2.47 bits per heavy atom. The normalized spacial score (nSPS) is 10.9. The number of esters is 1. The molecule has 0 atom stereocenters. The van der Waals surface area contributed by atoms with Crippen LogP contribution in [0.25, 0.3) is 0 Å². The summed E-state index contributed by atoms with van der Waals surface area (Å²) in [4.78, 5) is 21.5. The van der Waals surface area contributed by atoms with Crippen LogP contribution in [-0.2, 0) is 9.59 Å². The van der Waals surface area contributed by atoms with E-state index in [1.807, 2.05) is 0 Å². The van der Waals surface area contributed by atoms with Crippen molar-refractivity contribution in [3.05, 3.63) is 18.2 Å². The van der Waals surface area contributed by atoms with Crippen molar-refractivity contribution < 1.29 is 32.2 Å². The lowest BCUT2D eigenvalue weighted by molar-refractivity contribution is -0.189. The van der Waals surface area contributed by atoms with Gasteiger partial charge >= 0.3 is 12.1 Å². The quantitative estimate of drug-likeness (QED) is 0.515. The van der Waals surface area contributed by atoms with Gasteiger partial charge in [-0.25, -0.2) is 4.79 Å². The number of ketones is 1. The van der Waals surface area contributed by atoms with Gasteiger partial charge in [-0.1, -0.05) is 6.07 Å². The van der Waals surface area contributed by atoms with Crippen LogP contribution in [0.5, 0.6) is 11.5 Å². The molecule has 0 unspecified atom stereocenters. The maximum Gasteiger partial charge on any atom is 0.491 e. The van der Waals surface area contributed by atoms with Crippen molar-refractivity contribution in [2.75, 3.05) is 12.3 Å². The van der Waals surface area contributed by atoms with Gasteiger partial charge in [-0.3, -0.25) is 4.79 Å². The van der Waals surface area contributed by atoms with Gasteiger partial charge in [0.15, 0.2) is 17.3 Å². The van der Waals surface area contributed by atoms with Gasteiger partial charge < -0.3 is 15.2 Å². The van der Waals surface area contributed by atoms with Crippen LogP contribution in [-0.4, -0.2) is 24.5 Å². The number of para-hydroxylation sites is 1.